The zero-order valence-corrected chi connectivity index (χ0v) is 8.58. The average Bonchev–Trinajstić information content (AvgIpc) is 1.97. The third-order valence-corrected chi connectivity index (χ3v) is 2.78. The largest absolute Gasteiger partial charge is 0.197 e. The minimum atomic E-state index is 0.133. The van der Waals surface area contributed by atoms with Crippen molar-refractivity contribution < 1.29 is 0 Å². The average molecular weight is 192 g/mol. The second-order valence-electron chi connectivity index (χ2n) is 2.81. The molecule has 0 spiro atoms. The van der Waals surface area contributed by atoms with E-state index in [0.29, 0.717) is 11.8 Å². The fraction of sp³-hybridized carbons (Fsp3) is 0.875. The van der Waals surface area contributed by atoms with Crippen LogP contribution in [0.25, 0.3) is 0 Å². The van der Waals surface area contributed by atoms with Crippen LogP contribution in [0, 0.1) is 17.2 Å². The molecule has 0 aromatic rings. The molecule has 0 amide bonds. The molecule has 1 atom stereocenters. The smallest absolute Gasteiger partial charge is 0.0919 e. The number of hydrogen-bond donors (Lipinski definition) is 0. The molecule has 0 aromatic carbocycles. The van der Waals surface area contributed by atoms with E-state index in [9.17, 15) is 0 Å². The maximum Gasteiger partial charge on any atom is 0.0919 e. The number of rotatable bonds is 5. The van der Waals surface area contributed by atoms with Gasteiger partial charge in [-0.3, -0.25) is 0 Å². The van der Waals surface area contributed by atoms with Crippen molar-refractivity contribution in [1.82, 2.24) is 0 Å². The summed E-state index contributed by atoms with van der Waals surface area (Å²) in [6, 6.07) is 2.27. The Hall–Kier alpha value is 0.130. The molecule has 0 aliphatic rings. The molecule has 3 heteroatoms. The highest BCUT2D eigenvalue weighted by Gasteiger charge is 2.08. The molecule has 0 heterocycles. The molecular formula is C8H14ClNS. The zero-order valence-electron chi connectivity index (χ0n) is 7.01. The predicted octanol–water partition coefficient (Wildman–Crippen LogP) is 2.90. The highest BCUT2D eigenvalue weighted by atomic mass is 35.5. The topological polar surface area (TPSA) is 23.8 Å². The Morgan fingerprint density at radius 3 is 2.55 bits per heavy atom. The fourth-order valence-corrected chi connectivity index (χ4v) is 2.01. The second-order valence-corrected chi connectivity index (χ2v) is 4.50. The van der Waals surface area contributed by atoms with Crippen molar-refractivity contribution >= 4 is 23.4 Å². The van der Waals surface area contributed by atoms with Crippen LogP contribution in [0.4, 0.5) is 0 Å². The van der Waals surface area contributed by atoms with Gasteiger partial charge in [-0.2, -0.15) is 5.26 Å². The minimum Gasteiger partial charge on any atom is -0.197 e. The van der Waals surface area contributed by atoms with Crippen molar-refractivity contribution in [3.8, 4) is 6.07 Å². The van der Waals surface area contributed by atoms with Crippen molar-refractivity contribution in [2.75, 3.05) is 11.6 Å². The predicted molar refractivity (Wildman–Crippen MR) is 52.0 cm³/mol. The maximum absolute atomic E-state index is 8.69. The van der Waals surface area contributed by atoms with Crippen LogP contribution in [0.3, 0.4) is 0 Å². The third-order valence-electron chi connectivity index (χ3n) is 1.23. The Morgan fingerprint density at radius 1 is 1.55 bits per heavy atom. The summed E-state index contributed by atoms with van der Waals surface area (Å²) in [5.41, 5.74) is 0. The Morgan fingerprint density at radius 2 is 2.18 bits per heavy atom. The molecule has 64 valence electrons. The molecule has 1 nitrogen and oxygen atoms in total. The van der Waals surface area contributed by atoms with Crippen molar-refractivity contribution in [2.45, 2.75) is 25.5 Å². The number of halogens is 1. The summed E-state index contributed by atoms with van der Waals surface area (Å²) in [6.07, 6.45) is 0.970. The van der Waals surface area contributed by atoms with Gasteiger partial charge < -0.3 is 0 Å². The minimum absolute atomic E-state index is 0.133. The van der Waals surface area contributed by atoms with Crippen LogP contribution in [0.2, 0.25) is 0 Å². The highest BCUT2D eigenvalue weighted by molar-refractivity contribution is 8.00. The third kappa shape index (κ3) is 6.52. The standard InChI is InChI=1S/C8H14ClNS/c1-7(2)5-8(6-10)11-4-3-9/h7-8H,3-5H2,1-2H3/t8-/m0/s1. The van der Waals surface area contributed by atoms with Gasteiger partial charge in [0.1, 0.15) is 0 Å². The van der Waals surface area contributed by atoms with Crippen molar-refractivity contribution in [3.63, 3.8) is 0 Å². The lowest BCUT2D eigenvalue weighted by Gasteiger charge is -2.09. The Bertz CT molecular complexity index is 131. The molecular weight excluding hydrogens is 178 g/mol. The zero-order chi connectivity index (χ0) is 8.69. The van der Waals surface area contributed by atoms with Crippen molar-refractivity contribution in [1.29, 1.82) is 5.26 Å². The number of hydrogen-bond acceptors (Lipinski definition) is 2. The van der Waals surface area contributed by atoms with E-state index >= 15 is 0 Å². The van der Waals surface area contributed by atoms with E-state index in [0.717, 1.165) is 12.2 Å². The van der Waals surface area contributed by atoms with Gasteiger partial charge in [0.15, 0.2) is 0 Å². The van der Waals surface area contributed by atoms with Gasteiger partial charge in [-0.15, -0.1) is 23.4 Å². The molecule has 0 fully saturated rings. The summed E-state index contributed by atoms with van der Waals surface area (Å²) in [4.78, 5) is 0. The Balaban J connectivity index is 3.52. The molecule has 0 bridgehead atoms. The Labute approximate surface area is 78.1 Å². The van der Waals surface area contributed by atoms with E-state index in [1.807, 2.05) is 0 Å². The monoisotopic (exact) mass is 191 g/mol. The van der Waals surface area contributed by atoms with Crippen molar-refractivity contribution in [3.05, 3.63) is 0 Å². The van der Waals surface area contributed by atoms with E-state index in [-0.39, 0.29) is 5.25 Å². The summed E-state index contributed by atoms with van der Waals surface area (Å²) in [5.74, 6) is 2.12. The summed E-state index contributed by atoms with van der Waals surface area (Å²) in [6.45, 7) is 4.26. The lowest BCUT2D eigenvalue weighted by Crippen LogP contribution is -2.04. The lowest BCUT2D eigenvalue weighted by molar-refractivity contribution is 0.605. The molecule has 0 saturated carbocycles. The number of nitriles is 1. The lowest BCUT2D eigenvalue weighted by atomic mass is 10.1. The van der Waals surface area contributed by atoms with Gasteiger partial charge in [-0.1, -0.05) is 13.8 Å². The molecule has 0 aromatic heterocycles. The highest BCUT2D eigenvalue weighted by Crippen LogP contribution is 2.18. The van der Waals surface area contributed by atoms with Gasteiger partial charge in [0, 0.05) is 11.6 Å². The molecule has 0 unspecified atom stereocenters. The van der Waals surface area contributed by atoms with E-state index < -0.39 is 0 Å². The number of nitrogens with zero attached hydrogens (tertiary/aromatic N) is 1. The summed E-state index contributed by atoms with van der Waals surface area (Å²) < 4.78 is 0. The SMILES string of the molecule is CC(C)C[C@@H](C#N)SCCCl. The van der Waals surface area contributed by atoms with Gasteiger partial charge in [0.25, 0.3) is 0 Å². The van der Waals surface area contributed by atoms with E-state index in [1.165, 1.54) is 0 Å². The van der Waals surface area contributed by atoms with Crippen LogP contribution in [0.5, 0.6) is 0 Å². The van der Waals surface area contributed by atoms with E-state index in [4.69, 9.17) is 16.9 Å². The molecule has 11 heavy (non-hydrogen) atoms. The molecule has 0 radical (unpaired) electrons. The molecule has 0 N–H and O–H groups in total. The van der Waals surface area contributed by atoms with Gasteiger partial charge in [-0.25, -0.2) is 0 Å². The Kier molecular flexibility index (Phi) is 6.90. The van der Waals surface area contributed by atoms with E-state index in [2.05, 4.69) is 19.9 Å². The first-order chi connectivity index (χ1) is 5.20. The van der Waals surface area contributed by atoms with Crippen LogP contribution in [0.15, 0.2) is 0 Å². The molecule has 0 aliphatic heterocycles. The van der Waals surface area contributed by atoms with Gasteiger partial charge in [0.2, 0.25) is 0 Å². The van der Waals surface area contributed by atoms with Crippen LogP contribution >= 0.6 is 23.4 Å². The first-order valence-electron chi connectivity index (χ1n) is 3.78. The van der Waals surface area contributed by atoms with Crippen LogP contribution in [-0.4, -0.2) is 16.9 Å². The number of thioether (sulfide) groups is 1. The van der Waals surface area contributed by atoms with Gasteiger partial charge in [0.05, 0.1) is 11.3 Å². The van der Waals surface area contributed by atoms with Crippen molar-refractivity contribution in [2.24, 2.45) is 5.92 Å². The van der Waals surface area contributed by atoms with Gasteiger partial charge >= 0.3 is 0 Å². The molecule has 0 saturated heterocycles. The van der Waals surface area contributed by atoms with E-state index in [1.54, 1.807) is 11.8 Å². The summed E-state index contributed by atoms with van der Waals surface area (Å²) in [7, 11) is 0. The molecule has 0 rings (SSSR count). The quantitative estimate of drug-likeness (QED) is 0.624. The van der Waals surface area contributed by atoms with Crippen LogP contribution in [-0.2, 0) is 0 Å². The normalized spacial score (nSPS) is 13.0. The first-order valence-corrected chi connectivity index (χ1v) is 5.36. The van der Waals surface area contributed by atoms with Gasteiger partial charge in [-0.05, 0) is 12.3 Å². The second kappa shape index (κ2) is 6.82. The fourth-order valence-electron chi connectivity index (χ4n) is 0.773. The summed E-state index contributed by atoms with van der Waals surface area (Å²) >= 11 is 7.17. The van der Waals surface area contributed by atoms with Crippen LogP contribution in [0.1, 0.15) is 20.3 Å². The molecule has 0 aliphatic carbocycles. The summed E-state index contributed by atoms with van der Waals surface area (Å²) in [5, 5.41) is 8.82. The maximum atomic E-state index is 8.69. The number of alkyl halides is 1. The first kappa shape index (κ1) is 11.1. The van der Waals surface area contributed by atoms with Crippen LogP contribution < -0.4 is 0 Å².